The molecule has 1 aromatic rings. The van der Waals surface area contributed by atoms with Gasteiger partial charge in [0.05, 0.1) is 18.3 Å². The molecule has 19 heavy (non-hydrogen) atoms. The van der Waals surface area contributed by atoms with E-state index in [4.69, 9.17) is 14.6 Å². The van der Waals surface area contributed by atoms with Crippen LogP contribution in [0.5, 0.6) is 5.75 Å². The number of aliphatic hydroxyl groups is 1. The van der Waals surface area contributed by atoms with Crippen LogP contribution in [0.2, 0.25) is 0 Å². The van der Waals surface area contributed by atoms with Crippen LogP contribution in [0.4, 0.5) is 0 Å². The summed E-state index contributed by atoms with van der Waals surface area (Å²) in [6.07, 6.45) is 7.66. The molecule has 1 atom stereocenters. The van der Waals surface area contributed by atoms with Crippen molar-refractivity contribution in [2.45, 2.75) is 56.8 Å². The number of hydrogen-bond donors (Lipinski definition) is 1. The summed E-state index contributed by atoms with van der Waals surface area (Å²) in [5, 5.41) is 8.99. The zero-order valence-electron chi connectivity index (χ0n) is 11.3. The second-order valence-electron chi connectivity index (χ2n) is 5.78. The zero-order chi connectivity index (χ0) is 13.1. The summed E-state index contributed by atoms with van der Waals surface area (Å²) >= 11 is 0. The summed E-state index contributed by atoms with van der Waals surface area (Å²) in [7, 11) is 0. The maximum atomic E-state index is 8.99. The summed E-state index contributed by atoms with van der Waals surface area (Å²) in [4.78, 5) is 0. The molecule has 1 saturated heterocycles. The highest BCUT2D eigenvalue weighted by Gasteiger charge is 2.42. The number of hydrogen-bond acceptors (Lipinski definition) is 3. The van der Waals surface area contributed by atoms with Gasteiger partial charge >= 0.3 is 0 Å². The van der Waals surface area contributed by atoms with Crippen molar-refractivity contribution in [2.75, 3.05) is 6.61 Å². The minimum Gasteiger partial charge on any atom is -0.491 e. The van der Waals surface area contributed by atoms with Gasteiger partial charge in [0, 0.05) is 0 Å². The third-order valence-electron chi connectivity index (χ3n) is 4.40. The highest BCUT2D eigenvalue weighted by molar-refractivity contribution is 5.26. The summed E-state index contributed by atoms with van der Waals surface area (Å²) in [5.74, 6) is 0.855. The summed E-state index contributed by atoms with van der Waals surface area (Å²) in [5.41, 5.74) is 1.10. The molecule has 2 aliphatic rings. The minimum absolute atomic E-state index is 0.0779. The molecule has 0 bridgehead atoms. The van der Waals surface area contributed by atoms with Crippen LogP contribution in [0.3, 0.4) is 0 Å². The molecule has 2 fully saturated rings. The average Bonchev–Trinajstić information content (AvgIpc) is 3.08. The van der Waals surface area contributed by atoms with E-state index in [1.54, 1.807) is 0 Å². The monoisotopic (exact) mass is 262 g/mol. The molecule has 1 spiro atoms. The predicted octanol–water partition coefficient (Wildman–Crippen LogP) is 3.05. The molecule has 0 aromatic heterocycles. The van der Waals surface area contributed by atoms with Crippen molar-refractivity contribution in [2.24, 2.45) is 0 Å². The van der Waals surface area contributed by atoms with E-state index in [0.717, 1.165) is 17.7 Å². The zero-order valence-corrected chi connectivity index (χ0v) is 11.3. The van der Waals surface area contributed by atoms with Crippen LogP contribution >= 0.6 is 0 Å². The normalized spacial score (nSPS) is 25.0. The van der Waals surface area contributed by atoms with Gasteiger partial charge in [0.25, 0.3) is 0 Å². The Morgan fingerprint density at radius 1 is 1.16 bits per heavy atom. The first kappa shape index (κ1) is 12.9. The van der Waals surface area contributed by atoms with Crippen LogP contribution < -0.4 is 4.74 Å². The third-order valence-corrected chi connectivity index (χ3v) is 4.40. The van der Waals surface area contributed by atoms with Crippen LogP contribution in [0.1, 0.15) is 44.1 Å². The van der Waals surface area contributed by atoms with Crippen LogP contribution in [0, 0.1) is 0 Å². The van der Waals surface area contributed by atoms with Gasteiger partial charge in [-0.05, 0) is 43.4 Å². The fourth-order valence-electron chi connectivity index (χ4n) is 3.28. The van der Waals surface area contributed by atoms with Gasteiger partial charge in [-0.15, -0.1) is 0 Å². The van der Waals surface area contributed by atoms with Crippen LogP contribution in [0.15, 0.2) is 24.3 Å². The molecule has 1 aliphatic carbocycles. The van der Waals surface area contributed by atoms with Crippen molar-refractivity contribution in [3.63, 3.8) is 0 Å². The Balaban J connectivity index is 1.49. The highest BCUT2D eigenvalue weighted by atomic mass is 16.6. The molecule has 3 nitrogen and oxygen atoms in total. The van der Waals surface area contributed by atoms with E-state index >= 15 is 0 Å². The van der Waals surface area contributed by atoms with Crippen LogP contribution in [0.25, 0.3) is 0 Å². The van der Waals surface area contributed by atoms with Crippen molar-refractivity contribution in [3.8, 4) is 5.75 Å². The first-order chi connectivity index (χ1) is 9.30. The number of benzene rings is 1. The summed E-state index contributed by atoms with van der Waals surface area (Å²) in [6, 6.07) is 7.60. The third kappa shape index (κ3) is 2.93. The van der Waals surface area contributed by atoms with E-state index in [1.165, 1.54) is 32.1 Å². The van der Waals surface area contributed by atoms with Crippen molar-refractivity contribution >= 4 is 0 Å². The second-order valence-corrected chi connectivity index (χ2v) is 5.78. The molecule has 1 heterocycles. The SMILES string of the molecule is OCc1ccc(OCC2CCC3(CCCC3)O2)cc1. The van der Waals surface area contributed by atoms with Crippen LogP contribution in [-0.2, 0) is 11.3 Å². The van der Waals surface area contributed by atoms with E-state index in [9.17, 15) is 0 Å². The molecule has 3 heteroatoms. The van der Waals surface area contributed by atoms with E-state index in [0.29, 0.717) is 6.61 Å². The summed E-state index contributed by atoms with van der Waals surface area (Å²) in [6.45, 7) is 0.717. The smallest absolute Gasteiger partial charge is 0.119 e. The van der Waals surface area contributed by atoms with E-state index in [-0.39, 0.29) is 18.3 Å². The van der Waals surface area contributed by atoms with Gasteiger partial charge in [-0.25, -0.2) is 0 Å². The van der Waals surface area contributed by atoms with E-state index in [1.807, 2.05) is 24.3 Å². The first-order valence-electron chi connectivity index (χ1n) is 7.30. The lowest BCUT2D eigenvalue weighted by atomic mass is 9.98. The molecule has 1 aliphatic heterocycles. The molecular formula is C16H22O3. The molecule has 1 aromatic carbocycles. The van der Waals surface area contributed by atoms with Gasteiger partial charge < -0.3 is 14.6 Å². The second kappa shape index (κ2) is 5.51. The van der Waals surface area contributed by atoms with Gasteiger partial charge in [-0.1, -0.05) is 25.0 Å². The number of ether oxygens (including phenoxy) is 2. The maximum absolute atomic E-state index is 8.99. The Morgan fingerprint density at radius 2 is 1.89 bits per heavy atom. The molecule has 1 saturated carbocycles. The van der Waals surface area contributed by atoms with E-state index in [2.05, 4.69) is 0 Å². The molecule has 1 N–H and O–H groups in total. The molecular weight excluding hydrogens is 240 g/mol. The Labute approximate surface area is 114 Å². The lowest BCUT2D eigenvalue weighted by Crippen LogP contribution is -2.27. The fraction of sp³-hybridized carbons (Fsp3) is 0.625. The van der Waals surface area contributed by atoms with Crippen molar-refractivity contribution in [3.05, 3.63) is 29.8 Å². The average molecular weight is 262 g/mol. The van der Waals surface area contributed by atoms with Gasteiger partial charge in [0.2, 0.25) is 0 Å². The number of rotatable bonds is 4. The minimum atomic E-state index is 0.0779. The maximum Gasteiger partial charge on any atom is 0.119 e. The van der Waals surface area contributed by atoms with Crippen LogP contribution in [-0.4, -0.2) is 23.4 Å². The molecule has 3 rings (SSSR count). The van der Waals surface area contributed by atoms with Crippen molar-refractivity contribution < 1.29 is 14.6 Å². The predicted molar refractivity (Wildman–Crippen MR) is 73.2 cm³/mol. The lowest BCUT2D eigenvalue weighted by molar-refractivity contribution is -0.0508. The van der Waals surface area contributed by atoms with Crippen molar-refractivity contribution in [1.29, 1.82) is 0 Å². The Morgan fingerprint density at radius 3 is 2.58 bits per heavy atom. The van der Waals surface area contributed by atoms with Gasteiger partial charge in [0.1, 0.15) is 12.4 Å². The molecule has 0 amide bonds. The van der Waals surface area contributed by atoms with E-state index < -0.39 is 0 Å². The lowest BCUT2D eigenvalue weighted by Gasteiger charge is -2.23. The Kier molecular flexibility index (Phi) is 3.76. The van der Waals surface area contributed by atoms with Gasteiger partial charge in [0.15, 0.2) is 0 Å². The Bertz CT molecular complexity index is 407. The topological polar surface area (TPSA) is 38.7 Å². The highest BCUT2D eigenvalue weighted by Crippen LogP contribution is 2.43. The van der Waals surface area contributed by atoms with Gasteiger partial charge in [-0.3, -0.25) is 0 Å². The van der Waals surface area contributed by atoms with Crippen molar-refractivity contribution in [1.82, 2.24) is 0 Å². The largest absolute Gasteiger partial charge is 0.491 e. The Hall–Kier alpha value is -1.06. The quantitative estimate of drug-likeness (QED) is 0.906. The number of aliphatic hydroxyl groups excluding tert-OH is 1. The molecule has 0 radical (unpaired) electrons. The standard InChI is InChI=1S/C16H22O3/c17-11-13-3-5-14(6-4-13)18-12-15-7-10-16(19-15)8-1-2-9-16/h3-6,15,17H,1-2,7-12H2. The molecule has 104 valence electrons. The summed E-state index contributed by atoms with van der Waals surface area (Å²) < 4.78 is 12.0. The molecule has 1 unspecified atom stereocenters. The fourth-order valence-corrected chi connectivity index (χ4v) is 3.28. The first-order valence-corrected chi connectivity index (χ1v) is 7.30. The van der Waals surface area contributed by atoms with Gasteiger partial charge in [-0.2, -0.15) is 0 Å².